The highest BCUT2D eigenvalue weighted by Crippen LogP contribution is 2.33. The van der Waals surface area contributed by atoms with Crippen molar-refractivity contribution in [1.29, 1.82) is 0 Å². The molecule has 3 aromatic rings. The van der Waals surface area contributed by atoms with Crippen LogP contribution in [-0.2, 0) is 9.53 Å². The zero-order valence-corrected chi connectivity index (χ0v) is 19.4. The number of halogens is 1. The third-order valence-corrected chi connectivity index (χ3v) is 5.54. The molecule has 0 saturated heterocycles. The van der Waals surface area contributed by atoms with E-state index in [1.807, 2.05) is 0 Å². The molecule has 0 radical (unpaired) electrons. The Balaban J connectivity index is 1.47. The number of anilines is 1. The molecule has 8 nitrogen and oxygen atoms in total. The van der Waals surface area contributed by atoms with Gasteiger partial charge in [-0.1, -0.05) is 17.7 Å². The number of hydrogen-bond donors (Lipinski definition) is 0. The number of ketones is 1. The number of imide groups is 1. The van der Waals surface area contributed by atoms with Crippen molar-refractivity contribution >= 4 is 46.8 Å². The molecule has 0 spiro atoms. The summed E-state index contributed by atoms with van der Waals surface area (Å²) in [5, 5.41) is 0.372. The molecule has 0 unspecified atom stereocenters. The molecule has 0 saturated carbocycles. The Morgan fingerprint density at radius 1 is 0.857 bits per heavy atom. The van der Waals surface area contributed by atoms with Crippen LogP contribution in [0.15, 0.2) is 60.7 Å². The van der Waals surface area contributed by atoms with Crippen LogP contribution in [-0.4, -0.2) is 36.1 Å². The molecule has 1 heterocycles. The number of hydrogen-bond acceptors (Lipinski definition) is 7. The molecule has 0 atom stereocenters. The first-order valence-electron chi connectivity index (χ1n) is 10.4. The molecule has 3 aromatic carbocycles. The van der Waals surface area contributed by atoms with E-state index >= 15 is 0 Å². The molecular formula is C26H18ClNO7. The van der Waals surface area contributed by atoms with Crippen molar-refractivity contribution in [2.24, 2.45) is 0 Å². The second kappa shape index (κ2) is 9.52. The van der Waals surface area contributed by atoms with Crippen LogP contribution in [0.5, 0.6) is 5.75 Å². The lowest BCUT2D eigenvalue weighted by Gasteiger charge is -2.16. The predicted octanol–water partition coefficient (Wildman–Crippen LogP) is 4.41. The van der Waals surface area contributed by atoms with Crippen LogP contribution in [0.25, 0.3) is 0 Å². The molecule has 4 rings (SSSR count). The molecule has 2 amide bonds. The summed E-state index contributed by atoms with van der Waals surface area (Å²) in [6.07, 6.45) is 0. The Bertz CT molecular complexity index is 1400. The van der Waals surface area contributed by atoms with Gasteiger partial charge in [0.25, 0.3) is 11.8 Å². The lowest BCUT2D eigenvalue weighted by Crippen LogP contribution is -2.30. The first-order chi connectivity index (χ1) is 16.7. The fourth-order valence-corrected chi connectivity index (χ4v) is 3.75. The summed E-state index contributed by atoms with van der Waals surface area (Å²) in [6, 6.07) is 14.7. The Kier molecular flexibility index (Phi) is 6.48. The zero-order chi connectivity index (χ0) is 25.3. The number of Topliss-reactive ketones (excluding diaryl/α,β-unsaturated/α-hetero) is 1. The maximum atomic E-state index is 13.0. The fourth-order valence-electron chi connectivity index (χ4n) is 3.58. The van der Waals surface area contributed by atoms with Gasteiger partial charge in [0.1, 0.15) is 5.75 Å². The number of amides is 2. The summed E-state index contributed by atoms with van der Waals surface area (Å²) >= 11 is 6.04. The third-order valence-electron chi connectivity index (χ3n) is 5.31. The molecule has 0 bridgehead atoms. The van der Waals surface area contributed by atoms with Crippen LogP contribution in [0.1, 0.15) is 53.9 Å². The summed E-state index contributed by atoms with van der Waals surface area (Å²) in [4.78, 5) is 62.8. The number of ether oxygens (including phenoxy) is 2. The highest BCUT2D eigenvalue weighted by molar-refractivity contribution is 6.36. The number of aryl methyl sites for hydroxylation is 1. The average Bonchev–Trinajstić information content (AvgIpc) is 3.08. The van der Waals surface area contributed by atoms with Gasteiger partial charge in [-0.25, -0.2) is 9.69 Å². The van der Waals surface area contributed by atoms with E-state index in [4.69, 9.17) is 21.1 Å². The Hall–Kier alpha value is -4.30. The van der Waals surface area contributed by atoms with Crippen LogP contribution < -0.4 is 9.64 Å². The van der Waals surface area contributed by atoms with Gasteiger partial charge in [0.05, 0.1) is 22.4 Å². The van der Waals surface area contributed by atoms with Crippen LogP contribution in [0.2, 0.25) is 5.02 Å². The largest absolute Gasteiger partial charge is 0.454 e. The standard InChI is InChI=1S/C26H18ClNO7/c1-14-3-7-18(27)12-22(14)28-24(31)20-10-6-17(11-21(20)25(28)32)26(33)34-13-23(30)16-4-8-19(9-5-16)35-15(2)29/h3-12H,13H2,1-2H3. The Labute approximate surface area is 205 Å². The molecule has 9 heteroatoms. The van der Waals surface area contributed by atoms with E-state index in [-0.39, 0.29) is 28.0 Å². The lowest BCUT2D eigenvalue weighted by molar-refractivity contribution is -0.131. The van der Waals surface area contributed by atoms with E-state index in [0.717, 1.165) is 4.90 Å². The summed E-state index contributed by atoms with van der Waals surface area (Å²) in [6.45, 7) is 2.47. The number of rotatable bonds is 6. The molecule has 35 heavy (non-hydrogen) atoms. The lowest BCUT2D eigenvalue weighted by atomic mass is 10.1. The number of carbonyl (C=O) groups is 5. The van der Waals surface area contributed by atoms with Crippen LogP contribution in [0.4, 0.5) is 5.69 Å². The molecule has 1 aliphatic rings. The van der Waals surface area contributed by atoms with Crippen molar-refractivity contribution in [2.75, 3.05) is 11.5 Å². The summed E-state index contributed by atoms with van der Waals surface area (Å²) in [5.41, 5.74) is 1.52. The van der Waals surface area contributed by atoms with Gasteiger partial charge >= 0.3 is 11.9 Å². The third kappa shape index (κ3) is 4.83. The van der Waals surface area contributed by atoms with Gasteiger partial charge in [0, 0.05) is 17.5 Å². The van der Waals surface area contributed by atoms with Crippen molar-refractivity contribution in [3.05, 3.63) is 93.5 Å². The summed E-state index contributed by atoms with van der Waals surface area (Å²) in [7, 11) is 0. The average molecular weight is 492 g/mol. The Morgan fingerprint density at radius 2 is 1.51 bits per heavy atom. The SMILES string of the molecule is CC(=O)Oc1ccc(C(=O)COC(=O)c2ccc3c(c2)C(=O)N(c2cc(Cl)ccc2C)C3=O)cc1. The van der Waals surface area contributed by atoms with Crippen molar-refractivity contribution < 1.29 is 33.4 Å². The van der Waals surface area contributed by atoms with E-state index in [0.29, 0.717) is 16.3 Å². The van der Waals surface area contributed by atoms with Crippen LogP contribution in [0.3, 0.4) is 0 Å². The highest BCUT2D eigenvalue weighted by atomic mass is 35.5. The van der Waals surface area contributed by atoms with E-state index in [1.54, 1.807) is 19.1 Å². The molecule has 0 N–H and O–H groups in total. The van der Waals surface area contributed by atoms with Gasteiger partial charge in [0.2, 0.25) is 0 Å². The maximum absolute atomic E-state index is 13.0. The Morgan fingerprint density at radius 3 is 2.20 bits per heavy atom. The predicted molar refractivity (Wildman–Crippen MR) is 126 cm³/mol. The van der Waals surface area contributed by atoms with Crippen molar-refractivity contribution in [1.82, 2.24) is 0 Å². The summed E-state index contributed by atoms with van der Waals surface area (Å²) in [5.74, 6) is -2.61. The van der Waals surface area contributed by atoms with Gasteiger partial charge < -0.3 is 9.47 Å². The molecule has 0 aromatic heterocycles. The molecular weight excluding hydrogens is 474 g/mol. The van der Waals surface area contributed by atoms with E-state index in [1.165, 1.54) is 55.5 Å². The number of carbonyl (C=O) groups excluding carboxylic acids is 5. The van der Waals surface area contributed by atoms with Gasteiger partial charge in [-0.3, -0.25) is 19.2 Å². The van der Waals surface area contributed by atoms with Crippen LogP contribution in [0, 0.1) is 6.92 Å². The van der Waals surface area contributed by atoms with Crippen molar-refractivity contribution in [3.63, 3.8) is 0 Å². The number of nitrogens with zero attached hydrogens (tertiary/aromatic N) is 1. The van der Waals surface area contributed by atoms with Crippen molar-refractivity contribution in [3.8, 4) is 5.75 Å². The highest BCUT2D eigenvalue weighted by Gasteiger charge is 2.38. The molecule has 176 valence electrons. The minimum atomic E-state index is -0.824. The molecule has 1 aliphatic heterocycles. The first-order valence-corrected chi connectivity index (χ1v) is 10.8. The van der Waals surface area contributed by atoms with E-state index < -0.39 is 36.1 Å². The van der Waals surface area contributed by atoms with Crippen molar-refractivity contribution in [2.45, 2.75) is 13.8 Å². The summed E-state index contributed by atoms with van der Waals surface area (Å²) < 4.78 is 10.0. The minimum Gasteiger partial charge on any atom is -0.454 e. The first kappa shape index (κ1) is 23.8. The second-order valence-electron chi connectivity index (χ2n) is 7.75. The van der Waals surface area contributed by atoms with Gasteiger partial charge in [-0.15, -0.1) is 0 Å². The topological polar surface area (TPSA) is 107 Å². The quantitative estimate of drug-likeness (QED) is 0.217. The monoisotopic (exact) mass is 491 g/mol. The van der Waals surface area contributed by atoms with Gasteiger partial charge in [0.15, 0.2) is 12.4 Å². The van der Waals surface area contributed by atoms with Crippen LogP contribution >= 0.6 is 11.6 Å². The maximum Gasteiger partial charge on any atom is 0.338 e. The normalized spacial score (nSPS) is 12.4. The smallest absolute Gasteiger partial charge is 0.338 e. The number of esters is 2. The van der Waals surface area contributed by atoms with E-state index in [9.17, 15) is 24.0 Å². The number of benzene rings is 3. The van der Waals surface area contributed by atoms with Gasteiger partial charge in [-0.05, 0) is 67.1 Å². The zero-order valence-electron chi connectivity index (χ0n) is 18.7. The molecule has 0 fully saturated rings. The van der Waals surface area contributed by atoms with E-state index in [2.05, 4.69) is 0 Å². The second-order valence-corrected chi connectivity index (χ2v) is 8.19. The van der Waals surface area contributed by atoms with Gasteiger partial charge in [-0.2, -0.15) is 0 Å². The number of fused-ring (bicyclic) bond motifs is 1. The molecule has 0 aliphatic carbocycles. The minimum absolute atomic E-state index is 0.0209. The fraction of sp³-hybridized carbons (Fsp3) is 0.115.